The average molecular weight is 512 g/mol. The van der Waals surface area contributed by atoms with Crippen molar-refractivity contribution in [3.8, 4) is 0 Å². The van der Waals surface area contributed by atoms with Crippen LogP contribution in [0, 0.1) is 0 Å². The van der Waals surface area contributed by atoms with Gasteiger partial charge in [0.1, 0.15) is 23.7 Å². The maximum Gasteiger partial charge on any atom is 0.408 e. The van der Waals surface area contributed by atoms with Crippen molar-refractivity contribution in [1.29, 1.82) is 0 Å². The molecule has 0 saturated carbocycles. The predicted molar refractivity (Wildman–Crippen MR) is 138 cm³/mol. The topological polar surface area (TPSA) is 167 Å². The highest BCUT2D eigenvalue weighted by Crippen LogP contribution is 2.20. The van der Waals surface area contributed by atoms with Gasteiger partial charge in [-0.3, -0.25) is 19.4 Å². The second kappa shape index (κ2) is 15.1. The highest BCUT2D eigenvalue weighted by molar-refractivity contribution is 5.93. The van der Waals surface area contributed by atoms with Crippen LogP contribution in [0.1, 0.15) is 73.6 Å². The summed E-state index contributed by atoms with van der Waals surface area (Å²) in [5.74, 6) is -0.708. The van der Waals surface area contributed by atoms with Gasteiger partial charge >= 0.3 is 6.09 Å². The molecule has 0 unspecified atom stereocenters. The van der Waals surface area contributed by atoms with Gasteiger partial charge in [-0.1, -0.05) is 0 Å². The maximum atomic E-state index is 13.5. The Morgan fingerprint density at radius 2 is 1.72 bits per heavy atom. The molecule has 1 saturated heterocycles. The van der Waals surface area contributed by atoms with Gasteiger partial charge in [-0.2, -0.15) is 0 Å². The van der Waals surface area contributed by atoms with Crippen LogP contribution in [0.3, 0.4) is 0 Å². The lowest BCUT2D eigenvalue weighted by Crippen LogP contribution is -2.55. The molecule has 6 N–H and O–H groups in total. The number of amides is 4. The molecule has 3 atom stereocenters. The zero-order valence-electron chi connectivity index (χ0n) is 22.6. The summed E-state index contributed by atoms with van der Waals surface area (Å²) < 4.78 is 5.36. The molecule has 0 aliphatic carbocycles. The summed E-state index contributed by atoms with van der Waals surface area (Å²) in [6, 6.07) is -2.43. The number of unbranched alkanes of at least 4 members (excludes halogenated alkanes) is 1. The van der Waals surface area contributed by atoms with Crippen molar-refractivity contribution in [3.05, 3.63) is 0 Å². The minimum atomic E-state index is -0.854. The van der Waals surface area contributed by atoms with E-state index in [2.05, 4.69) is 26.3 Å². The Kier molecular flexibility index (Phi) is 13.0. The summed E-state index contributed by atoms with van der Waals surface area (Å²) in [6.45, 7) is 13.2. The summed E-state index contributed by atoms with van der Waals surface area (Å²) in [7, 11) is 0. The van der Waals surface area contributed by atoms with Gasteiger partial charge in [0.15, 0.2) is 5.96 Å². The second-order valence-corrected chi connectivity index (χ2v) is 9.81. The largest absolute Gasteiger partial charge is 0.444 e. The molecule has 0 spiro atoms. The Hall–Kier alpha value is -3.05. The van der Waals surface area contributed by atoms with Crippen LogP contribution in [0.15, 0.2) is 4.99 Å². The average Bonchev–Trinajstić information content (AvgIpc) is 3.26. The van der Waals surface area contributed by atoms with E-state index in [0.29, 0.717) is 45.2 Å². The highest BCUT2D eigenvalue weighted by Gasteiger charge is 2.38. The molecular weight excluding hydrogens is 466 g/mol. The number of nitrogens with one attached hydrogen (secondary N) is 4. The van der Waals surface area contributed by atoms with Crippen LogP contribution < -0.4 is 27.0 Å². The molecule has 0 aromatic carbocycles. The molecular formula is C24H45N7O5. The molecule has 0 bridgehead atoms. The summed E-state index contributed by atoms with van der Waals surface area (Å²) in [6.07, 6.45) is 2.12. The monoisotopic (exact) mass is 511 g/mol. The van der Waals surface area contributed by atoms with Crippen LogP contribution in [0.25, 0.3) is 0 Å². The number of carbonyl (C=O) groups is 4. The third kappa shape index (κ3) is 11.1. The number of hydrogen-bond donors (Lipinski definition) is 5. The second-order valence-electron chi connectivity index (χ2n) is 9.81. The molecule has 0 aromatic rings. The van der Waals surface area contributed by atoms with E-state index in [1.54, 1.807) is 20.8 Å². The van der Waals surface area contributed by atoms with Crippen molar-refractivity contribution in [2.24, 2.45) is 10.7 Å². The van der Waals surface area contributed by atoms with Gasteiger partial charge in [0.05, 0.1) is 0 Å². The van der Waals surface area contributed by atoms with Crippen LogP contribution in [0.2, 0.25) is 0 Å². The minimum Gasteiger partial charge on any atom is -0.444 e. The summed E-state index contributed by atoms with van der Waals surface area (Å²) in [5.41, 5.74) is 4.53. The number of primary amides is 1. The number of rotatable bonds is 12. The molecule has 12 nitrogen and oxygen atoms in total. The third-order valence-corrected chi connectivity index (χ3v) is 5.47. The van der Waals surface area contributed by atoms with Gasteiger partial charge in [-0.25, -0.2) is 4.79 Å². The first-order valence-corrected chi connectivity index (χ1v) is 12.8. The summed E-state index contributed by atoms with van der Waals surface area (Å²) in [4.78, 5) is 56.0. The lowest BCUT2D eigenvalue weighted by atomic mass is 10.1. The summed E-state index contributed by atoms with van der Waals surface area (Å²) >= 11 is 0. The molecule has 36 heavy (non-hydrogen) atoms. The van der Waals surface area contributed by atoms with E-state index in [1.807, 2.05) is 13.8 Å². The third-order valence-electron chi connectivity index (χ3n) is 5.47. The van der Waals surface area contributed by atoms with Gasteiger partial charge in [-0.15, -0.1) is 0 Å². The van der Waals surface area contributed by atoms with Crippen molar-refractivity contribution in [2.75, 3.05) is 26.2 Å². The normalized spacial score (nSPS) is 16.9. The number of aliphatic imine (C=N–C) groups is 1. The number of carbonyl (C=O) groups excluding carboxylic acids is 4. The first kappa shape index (κ1) is 31.0. The van der Waals surface area contributed by atoms with E-state index in [0.717, 1.165) is 19.0 Å². The lowest BCUT2D eigenvalue weighted by molar-refractivity contribution is -0.140. The number of hydrogen-bond acceptors (Lipinski definition) is 6. The van der Waals surface area contributed by atoms with Crippen molar-refractivity contribution < 1.29 is 23.9 Å². The molecule has 1 rings (SSSR count). The summed E-state index contributed by atoms with van der Waals surface area (Å²) in [5, 5.41) is 11.6. The van der Waals surface area contributed by atoms with Gasteiger partial charge in [0.25, 0.3) is 0 Å². The van der Waals surface area contributed by atoms with E-state index in [-0.39, 0.29) is 5.91 Å². The molecule has 0 aromatic heterocycles. The fourth-order valence-corrected chi connectivity index (χ4v) is 3.75. The fourth-order valence-electron chi connectivity index (χ4n) is 3.75. The van der Waals surface area contributed by atoms with Gasteiger partial charge < -0.3 is 36.6 Å². The first-order chi connectivity index (χ1) is 16.9. The smallest absolute Gasteiger partial charge is 0.408 e. The Balaban J connectivity index is 2.88. The predicted octanol–water partition coefficient (Wildman–Crippen LogP) is 0.606. The van der Waals surface area contributed by atoms with Crippen LogP contribution in [-0.4, -0.2) is 84.6 Å². The highest BCUT2D eigenvalue weighted by atomic mass is 16.6. The van der Waals surface area contributed by atoms with Crippen molar-refractivity contribution in [1.82, 2.24) is 26.2 Å². The number of guanidine groups is 1. The minimum absolute atomic E-state index is 0.352. The van der Waals surface area contributed by atoms with Crippen LogP contribution in [0.4, 0.5) is 4.79 Å². The molecule has 0 radical (unpaired) electrons. The van der Waals surface area contributed by atoms with Crippen molar-refractivity contribution in [2.45, 2.75) is 97.4 Å². The molecule has 1 aliphatic rings. The zero-order valence-corrected chi connectivity index (χ0v) is 22.6. The molecule has 206 valence electrons. The number of nitrogens with zero attached hydrogens (tertiary/aromatic N) is 2. The lowest BCUT2D eigenvalue weighted by Gasteiger charge is -2.30. The van der Waals surface area contributed by atoms with Crippen LogP contribution in [0.5, 0.6) is 0 Å². The van der Waals surface area contributed by atoms with Gasteiger partial charge in [0.2, 0.25) is 17.7 Å². The molecule has 1 aliphatic heterocycles. The number of ether oxygens (including phenoxy) is 1. The molecule has 1 heterocycles. The van der Waals surface area contributed by atoms with Crippen molar-refractivity contribution in [3.63, 3.8) is 0 Å². The Morgan fingerprint density at radius 3 is 2.28 bits per heavy atom. The van der Waals surface area contributed by atoms with Gasteiger partial charge in [0, 0.05) is 26.2 Å². The standard InChI is InChI=1S/C24H45N7O5/c1-7-26-22(27-8-2)28-14-10-9-12-17(30-23(35)36-24(4,5)6)21(34)31-15-11-13-18(31)20(33)29-16(3)19(25)32/h16-18H,7-15H2,1-6H3,(H2,25,32)(H,29,33)(H,30,35)(H2,26,27,28)/t16-,17+,18+/m1/s1. The molecule has 12 heteroatoms. The Labute approximate surface area is 214 Å². The van der Waals surface area contributed by atoms with E-state index in [9.17, 15) is 19.2 Å². The van der Waals surface area contributed by atoms with Gasteiger partial charge in [-0.05, 0) is 73.6 Å². The fraction of sp³-hybridized carbons (Fsp3) is 0.792. The van der Waals surface area contributed by atoms with E-state index in [1.165, 1.54) is 11.8 Å². The van der Waals surface area contributed by atoms with Crippen molar-refractivity contribution >= 4 is 29.8 Å². The number of alkyl carbamates (subject to hydrolysis) is 1. The maximum absolute atomic E-state index is 13.5. The quantitative estimate of drug-likeness (QED) is 0.145. The van der Waals surface area contributed by atoms with E-state index < -0.39 is 41.6 Å². The molecule has 4 amide bonds. The number of nitrogens with two attached hydrogens (primary N) is 1. The van der Waals surface area contributed by atoms with E-state index in [4.69, 9.17) is 10.5 Å². The SMILES string of the molecule is CCNC(=NCCCC[C@H](NC(=O)OC(C)(C)C)C(=O)N1CCC[C@H]1C(=O)N[C@H](C)C(N)=O)NCC. The Bertz CT molecular complexity index is 773. The first-order valence-electron chi connectivity index (χ1n) is 12.8. The van der Waals surface area contributed by atoms with Crippen LogP contribution >= 0.6 is 0 Å². The number of likely N-dealkylation sites (tertiary alicyclic amines) is 1. The Morgan fingerprint density at radius 1 is 1.08 bits per heavy atom. The zero-order chi connectivity index (χ0) is 27.3. The van der Waals surface area contributed by atoms with E-state index >= 15 is 0 Å². The molecule has 1 fully saturated rings. The van der Waals surface area contributed by atoms with Crippen LogP contribution in [-0.2, 0) is 19.1 Å².